The van der Waals surface area contributed by atoms with Crippen LogP contribution in [0.15, 0.2) is 54.6 Å². The SMILES string of the molecule is COc1ccc(CN2CCn3c(-c4ccc5ccccc5n4)nnc3[C@H]2C)c(OC)c1. The number of nitrogens with zero attached hydrogens (tertiary/aromatic N) is 5. The molecule has 0 spiro atoms. The molecule has 0 amide bonds. The van der Waals surface area contributed by atoms with Crippen molar-refractivity contribution in [2.24, 2.45) is 0 Å². The number of aromatic nitrogens is 4. The van der Waals surface area contributed by atoms with Crippen LogP contribution in [0.2, 0.25) is 0 Å². The number of methoxy groups -OCH3 is 2. The normalized spacial score (nSPS) is 16.3. The number of hydrogen-bond donors (Lipinski definition) is 0. The number of ether oxygens (including phenoxy) is 2. The molecule has 0 saturated heterocycles. The van der Waals surface area contributed by atoms with E-state index in [1.165, 1.54) is 0 Å². The third-order valence-electron chi connectivity index (χ3n) is 6.01. The van der Waals surface area contributed by atoms with Gasteiger partial charge in [0.15, 0.2) is 11.6 Å². The van der Waals surface area contributed by atoms with Crippen molar-refractivity contribution in [3.8, 4) is 23.0 Å². The van der Waals surface area contributed by atoms with Crippen LogP contribution in [0.1, 0.15) is 24.4 Å². The Morgan fingerprint density at radius 3 is 2.68 bits per heavy atom. The highest BCUT2D eigenvalue weighted by atomic mass is 16.5. The predicted molar refractivity (Wildman–Crippen MR) is 119 cm³/mol. The van der Waals surface area contributed by atoms with E-state index >= 15 is 0 Å². The average Bonchev–Trinajstić information content (AvgIpc) is 3.25. The summed E-state index contributed by atoms with van der Waals surface area (Å²) in [6, 6.07) is 18.3. The van der Waals surface area contributed by atoms with Gasteiger partial charge in [0, 0.05) is 36.7 Å². The van der Waals surface area contributed by atoms with Crippen LogP contribution in [0.25, 0.3) is 22.4 Å². The summed E-state index contributed by atoms with van der Waals surface area (Å²) < 4.78 is 13.1. The molecule has 158 valence electrons. The van der Waals surface area contributed by atoms with E-state index in [1.54, 1.807) is 14.2 Å². The van der Waals surface area contributed by atoms with Gasteiger partial charge in [0.2, 0.25) is 0 Å². The Balaban J connectivity index is 1.42. The van der Waals surface area contributed by atoms with E-state index in [0.29, 0.717) is 0 Å². The van der Waals surface area contributed by atoms with Gasteiger partial charge in [-0.25, -0.2) is 4.98 Å². The second-order valence-electron chi connectivity index (χ2n) is 7.75. The van der Waals surface area contributed by atoms with Crippen LogP contribution >= 0.6 is 0 Å². The molecular formula is C24H25N5O2. The molecular weight excluding hydrogens is 390 g/mol. The van der Waals surface area contributed by atoms with Gasteiger partial charge in [-0.3, -0.25) is 4.90 Å². The molecule has 2 aromatic heterocycles. The van der Waals surface area contributed by atoms with Crippen LogP contribution in [-0.2, 0) is 13.1 Å². The smallest absolute Gasteiger partial charge is 0.182 e. The van der Waals surface area contributed by atoms with Gasteiger partial charge < -0.3 is 14.0 Å². The van der Waals surface area contributed by atoms with Crippen LogP contribution in [0.3, 0.4) is 0 Å². The Morgan fingerprint density at radius 1 is 0.968 bits per heavy atom. The minimum absolute atomic E-state index is 0.127. The van der Waals surface area contributed by atoms with Crippen LogP contribution in [0, 0.1) is 0 Å². The molecule has 0 fully saturated rings. The van der Waals surface area contributed by atoms with Gasteiger partial charge in [0.25, 0.3) is 0 Å². The maximum atomic E-state index is 5.58. The first-order valence-corrected chi connectivity index (χ1v) is 10.4. The molecule has 0 N–H and O–H groups in total. The van der Waals surface area contributed by atoms with Gasteiger partial charge >= 0.3 is 0 Å². The molecule has 0 unspecified atom stereocenters. The zero-order chi connectivity index (χ0) is 21.4. The Kier molecular flexibility index (Phi) is 5.03. The van der Waals surface area contributed by atoms with Crippen LogP contribution < -0.4 is 9.47 Å². The maximum absolute atomic E-state index is 5.58. The summed E-state index contributed by atoms with van der Waals surface area (Å²) in [5.74, 6) is 3.41. The summed E-state index contributed by atoms with van der Waals surface area (Å²) in [4.78, 5) is 7.21. The van der Waals surface area contributed by atoms with Crippen molar-refractivity contribution in [1.82, 2.24) is 24.6 Å². The second-order valence-corrected chi connectivity index (χ2v) is 7.75. The zero-order valence-corrected chi connectivity index (χ0v) is 17.9. The monoisotopic (exact) mass is 415 g/mol. The number of para-hydroxylation sites is 1. The first-order chi connectivity index (χ1) is 15.2. The summed E-state index contributed by atoms with van der Waals surface area (Å²) in [5, 5.41) is 10.2. The summed E-state index contributed by atoms with van der Waals surface area (Å²) in [6.07, 6.45) is 0. The lowest BCUT2D eigenvalue weighted by Gasteiger charge is -2.34. The van der Waals surface area contributed by atoms with Crippen LogP contribution in [-0.4, -0.2) is 45.4 Å². The Morgan fingerprint density at radius 2 is 1.84 bits per heavy atom. The van der Waals surface area contributed by atoms with Crippen molar-refractivity contribution in [2.45, 2.75) is 26.1 Å². The van der Waals surface area contributed by atoms with Crippen LogP contribution in [0.5, 0.6) is 11.5 Å². The number of pyridine rings is 1. The highest BCUT2D eigenvalue weighted by Crippen LogP contribution is 2.32. The fourth-order valence-corrected chi connectivity index (χ4v) is 4.23. The van der Waals surface area contributed by atoms with Crippen molar-refractivity contribution in [1.29, 1.82) is 0 Å². The fraction of sp³-hybridized carbons (Fsp3) is 0.292. The molecule has 0 bridgehead atoms. The Bertz CT molecular complexity index is 1240. The van der Waals surface area contributed by atoms with Gasteiger partial charge in [0.1, 0.15) is 17.2 Å². The summed E-state index contributed by atoms with van der Waals surface area (Å²) in [7, 11) is 3.35. The molecule has 3 heterocycles. The predicted octanol–water partition coefficient (Wildman–Crippen LogP) is 4.09. The molecule has 1 aliphatic rings. The number of rotatable bonds is 5. The standard InChI is InChI=1S/C24H25N5O2/c1-16-23-26-27-24(21-11-9-17-6-4-5-7-20(17)25-21)29(23)13-12-28(16)15-18-8-10-19(30-2)14-22(18)31-3/h4-11,14,16H,12-13,15H2,1-3H3/t16-/m1/s1. The van der Waals surface area contributed by atoms with Gasteiger partial charge in [-0.2, -0.15) is 0 Å². The van der Waals surface area contributed by atoms with Crippen LogP contribution in [0.4, 0.5) is 0 Å². The second kappa shape index (κ2) is 8.00. The van der Waals surface area contributed by atoms with E-state index < -0.39 is 0 Å². The molecule has 2 aromatic carbocycles. The topological polar surface area (TPSA) is 65.3 Å². The van der Waals surface area contributed by atoms with Gasteiger partial charge in [-0.05, 0) is 25.1 Å². The molecule has 1 atom stereocenters. The highest BCUT2D eigenvalue weighted by molar-refractivity contribution is 5.80. The number of fused-ring (bicyclic) bond motifs is 2. The van der Waals surface area contributed by atoms with Crippen molar-refractivity contribution < 1.29 is 9.47 Å². The lowest BCUT2D eigenvalue weighted by Crippen LogP contribution is -2.36. The largest absolute Gasteiger partial charge is 0.497 e. The molecule has 7 nitrogen and oxygen atoms in total. The lowest BCUT2D eigenvalue weighted by atomic mass is 10.1. The first-order valence-electron chi connectivity index (χ1n) is 10.4. The molecule has 0 saturated carbocycles. The average molecular weight is 415 g/mol. The number of benzene rings is 2. The molecule has 0 radical (unpaired) electrons. The van der Waals surface area contributed by atoms with Crippen molar-refractivity contribution >= 4 is 10.9 Å². The minimum Gasteiger partial charge on any atom is -0.497 e. The van der Waals surface area contributed by atoms with E-state index in [4.69, 9.17) is 14.5 Å². The molecule has 1 aliphatic heterocycles. The van der Waals surface area contributed by atoms with E-state index in [-0.39, 0.29) is 6.04 Å². The van der Waals surface area contributed by atoms with Gasteiger partial charge in [-0.15, -0.1) is 10.2 Å². The molecule has 4 aromatic rings. The van der Waals surface area contributed by atoms with Gasteiger partial charge in [0.05, 0.1) is 25.8 Å². The third kappa shape index (κ3) is 3.51. The summed E-state index contributed by atoms with van der Waals surface area (Å²) >= 11 is 0. The van der Waals surface area contributed by atoms with Gasteiger partial charge in [-0.1, -0.05) is 30.3 Å². The lowest BCUT2D eigenvalue weighted by molar-refractivity contribution is 0.155. The summed E-state index contributed by atoms with van der Waals surface area (Å²) in [5.41, 5.74) is 2.95. The summed E-state index contributed by atoms with van der Waals surface area (Å²) in [6.45, 7) is 4.65. The molecule has 7 heteroatoms. The minimum atomic E-state index is 0.127. The van der Waals surface area contributed by atoms with E-state index in [2.05, 4.69) is 44.8 Å². The molecule has 0 aliphatic carbocycles. The Labute approximate surface area is 181 Å². The quantitative estimate of drug-likeness (QED) is 0.489. The maximum Gasteiger partial charge on any atom is 0.182 e. The van der Waals surface area contributed by atoms with E-state index in [9.17, 15) is 0 Å². The first kappa shape index (κ1) is 19.5. The zero-order valence-electron chi connectivity index (χ0n) is 17.9. The molecule has 31 heavy (non-hydrogen) atoms. The Hall–Kier alpha value is -3.45. The molecule has 5 rings (SSSR count). The number of hydrogen-bond acceptors (Lipinski definition) is 6. The van der Waals surface area contributed by atoms with Crippen molar-refractivity contribution in [3.05, 3.63) is 66.0 Å². The van der Waals surface area contributed by atoms with E-state index in [1.807, 2.05) is 36.4 Å². The third-order valence-corrected chi connectivity index (χ3v) is 6.01. The van der Waals surface area contributed by atoms with Crippen molar-refractivity contribution in [2.75, 3.05) is 20.8 Å². The van der Waals surface area contributed by atoms with Crippen molar-refractivity contribution in [3.63, 3.8) is 0 Å². The van der Waals surface area contributed by atoms with E-state index in [0.717, 1.165) is 64.9 Å². The fourth-order valence-electron chi connectivity index (χ4n) is 4.23. The highest BCUT2D eigenvalue weighted by Gasteiger charge is 2.29.